The monoisotopic (exact) mass is 279 g/mol. The van der Waals surface area contributed by atoms with Crippen LogP contribution in [0, 0.1) is 13.8 Å². The Kier molecular flexibility index (Phi) is 3.66. The highest BCUT2D eigenvalue weighted by Crippen LogP contribution is 2.21. The van der Waals surface area contributed by atoms with E-state index < -0.39 is 5.97 Å². The Morgan fingerprint density at radius 3 is 2.79 bits per heavy atom. The van der Waals surface area contributed by atoms with E-state index in [0.29, 0.717) is 11.4 Å². The molecule has 0 unspecified atom stereocenters. The number of nitrogens with one attached hydrogen (secondary N) is 1. The summed E-state index contributed by atoms with van der Waals surface area (Å²) in [6.45, 7) is 3.62. The second-order valence-corrected chi connectivity index (χ2v) is 5.16. The molecule has 0 radical (unpaired) electrons. The van der Waals surface area contributed by atoms with Crippen molar-refractivity contribution >= 4 is 29.0 Å². The lowest BCUT2D eigenvalue weighted by molar-refractivity contribution is -0.137. The summed E-state index contributed by atoms with van der Waals surface area (Å²) in [5.74, 6) is -0.873. The maximum Gasteiger partial charge on any atom is 0.325 e. The molecule has 0 saturated heterocycles. The Labute approximate surface area is 113 Å². The van der Waals surface area contributed by atoms with E-state index in [9.17, 15) is 9.59 Å². The normalized spacial score (nSPS) is 10.4. The van der Waals surface area contributed by atoms with E-state index >= 15 is 0 Å². The van der Waals surface area contributed by atoms with Crippen molar-refractivity contribution in [2.24, 2.45) is 0 Å². The van der Waals surface area contributed by atoms with Crippen LogP contribution in [0.2, 0.25) is 0 Å². The summed E-state index contributed by atoms with van der Waals surface area (Å²) in [7, 11) is 0. The lowest BCUT2D eigenvalue weighted by atomic mass is 10.2. The highest BCUT2D eigenvalue weighted by molar-refractivity contribution is 7.10. The van der Waals surface area contributed by atoms with Gasteiger partial charge in [0.15, 0.2) is 5.82 Å². The van der Waals surface area contributed by atoms with Crippen LogP contribution in [0.25, 0.3) is 0 Å². The minimum Gasteiger partial charge on any atom is -0.480 e. The lowest BCUT2D eigenvalue weighted by Gasteiger charge is -2.01. The van der Waals surface area contributed by atoms with Crippen molar-refractivity contribution in [1.82, 2.24) is 9.78 Å². The van der Waals surface area contributed by atoms with Gasteiger partial charge in [0.05, 0.1) is 5.56 Å². The van der Waals surface area contributed by atoms with Crippen LogP contribution in [0.3, 0.4) is 0 Å². The molecule has 0 aromatic carbocycles. The molecule has 0 bridgehead atoms. The van der Waals surface area contributed by atoms with Crippen molar-refractivity contribution in [1.29, 1.82) is 0 Å². The fourth-order valence-corrected chi connectivity index (χ4v) is 2.44. The number of thiophene rings is 1. The number of aliphatic carboxylic acids is 1. The summed E-state index contributed by atoms with van der Waals surface area (Å²) in [4.78, 5) is 23.6. The topological polar surface area (TPSA) is 84.2 Å². The first kappa shape index (κ1) is 13.3. The van der Waals surface area contributed by atoms with Crippen LogP contribution < -0.4 is 5.32 Å². The third kappa shape index (κ3) is 3.00. The van der Waals surface area contributed by atoms with Gasteiger partial charge >= 0.3 is 5.97 Å². The van der Waals surface area contributed by atoms with Gasteiger partial charge in [-0.3, -0.25) is 14.3 Å². The van der Waals surface area contributed by atoms with Gasteiger partial charge in [0.1, 0.15) is 6.54 Å². The standard InChI is InChI=1S/C12H13N3O3S/c1-7-8(2)19-6-9(7)12(18)13-10-3-4-15(14-10)5-11(16)17/h3-4,6H,5H2,1-2H3,(H,16,17)(H,13,14,18). The van der Waals surface area contributed by atoms with E-state index in [1.165, 1.54) is 22.2 Å². The number of rotatable bonds is 4. The summed E-state index contributed by atoms with van der Waals surface area (Å²) < 4.78 is 1.25. The molecule has 2 heterocycles. The second-order valence-electron chi connectivity index (χ2n) is 4.08. The van der Waals surface area contributed by atoms with Crippen LogP contribution in [-0.4, -0.2) is 26.8 Å². The number of aromatic nitrogens is 2. The molecule has 0 atom stereocenters. The van der Waals surface area contributed by atoms with Crippen molar-refractivity contribution < 1.29 is 14.7 Å². The largest absolute Gasteiger partial charge is 0.480 e. The molecule has 1 amide bonds. The maximum atomic E-state index is 12.0. The molecule has 6 nitrogen and oxygen atoms in total. The summed E-state index contributed by atoms with van der Waals surface area (Å²) >= 11 is 1.52. The van der Waals surface area contributed by atoms with Crippen LogP contribution >= 0.6 is 11.3 Å². The molecule has 0 fully saturated rings. The predicted octanol–water partition coefficient (Wildman–Crippen LogP) is 1.90. The number of carboxylic acids is 1. The first-order chi connectivity index (χ1) is 8.97. The van der Waals surface area contributed by atoms with Crippen molar-refractivity contribution in [3.05, 3.63) is 33.6 Å². The minimum absolute atomic E-state index is 0.230. The van der Waals surface area contributed by atoms with Crippen molar-refractivity contribution in [2.75, 3.05) is 5.32 Å². The predicted molar refractivity (Wildman–Crippen MR) is 71.6 cm³/mol. The zero-order chi connectivity index (χ0) is 14.0. The maximum absolute atomic E-state index is 12.0. The third-order valence-corrected chi connectivity index (χ3v) is 3.72. The Morgan fingerprint density at radius 2 is 2.21 bits per heavy atom. The van der Waals surface area contributed by atoms with Gasteiger partial charge in [-0.25, -0.2) is 0 Å². The Hall–Kier alpha value is -2.15. The number of carboxylic acid groups (broad SMARTS) is 1. The molecule has 7 heteroatoms. The van der Waals surface area contributed by atoms with E-state index in [1.807, 2.05) is 13.8 Å². The van der Waals surface area contributed by atoms with Gasteiger partial charge in [-0.05, 0) is 19.4 Å². The average molecular weight is 279 g/mol. The van der Waals surface area contributed by atoms with Crippen LogP contribution in [0.5, 0.6) is 0 Å². The van der Waals surface area contributed by atoms with Crippen molar-refractivity contribution in [3.8, 4) is 0 Å². The number of carbonyl (C=O) groups is 2. The van der Waals surface area contributed by atoms with Gasteiger partial charge in [-0.15, -0.1) is 11.3 Å². The van der Waals surface area contributed by atoms with Gasteiger partial charge in [0.2, 0.25) is 0 Å². The van der Waals surface area contributed by atoms with Crippen LogP contribution in [0.4, 0.5) is 5.82 Å². The number of aryl methyl sites for hydroxylation is 1. The van der Waals surface area contributed by atoms with E-state index in [-0.39, 0.29) is 12.5 Å². The molecular formula is C12H13N3O3S. The number of amides is 1. The number of hydrogen-bond donors (Lipinski definition) is 2. The summed E-state index contributed by atoms with van der Waals surface area (Å²) in [6, 6.07) is 1.56. The number of hydrogen-bond acceptors (Lipinski definition) is 4. The zero-order valence-corrected chi connectivity index (χ0v) is 11.3. The highest BCUT2D eigenvalue weighted by atomic mass is 32.1. The van der Waals surface area contributed by atoms with Crippen molar-refractivity contribution in [3.63, 3.8) is 0 Å². The molecule has 0 aliphatic carbocycles. The van der Waals surface area contributed by atoms with Gasteiger partial charge < -0.3 is 10.4 Å². The van der Waals surface area contributed by atoms with Gasteiger partial charge in [-0.2, -0.15) is 5.10 Å². The summed E-state index contributed by atoms with van der Waals surface area (Å²) in [5, 5.41) is 17.0. The first-order valence-electron chi connectivity index (χ1n) is 5.58. The van der Waals surface area contributed by atoms with Gasteiger partial charge in [0, 0.05) is 22.5 Å². The SMILES string of the molecule is Cc1scc(C(=O)Nc2ccn(CC(=O)O)n2)c1C. The quantitative estimate of drug-likeness (QED) is 0.895. The van der Waals surface area contributed by atoms with Crippen LogP contribution in [-0.2, 0) is 11.3 Å². The van der Waals surface area contributed by atoms with Crippen LogP contribution in [0.15, 0.2) is 17.6 Å². The molecule has 2 rings (SSSR count). The second kappa shape index (κ2) is 5.23. The molecule has 2 N–H and O–H groups in total. The Bertz CT molecular complexity index is 630. The molecule has 2 aromatic rings. The fourth-order valence-electron chi connectivity index (χ4n) is 1.58. The molecular weight excluding hydrogens is 266 g/mol. The highest BCUT2D eigenvalue weighted by Gasteiger charge is 2.13. The first-order valence-corrected chi connectivity index (χ1v) is 6.46. The molecule has 0 aliphatic rings. The number of anilines is 1. The molecule has 0 saturated carbocycles. The summed E-state index contributed by atoms with van der Waals surface area (Å²) in [6.07, 6.45) is 1.51. The summed E-state index contributed by atoms with van der Waals surface area (Å²) in [5.41, 5.74) is 1.57. The molecule has 19 heavy (non-hydrogen) atoms. The average Bonchev–Trinajstić information content (AvgIpc) is 2.87. The van der Waals surface area contributed by atoms with E-state index in [2.05, 4.69) is 10.4 Å². The number of carbonyl (C=O) groups excluding carboxylic acids is 1. The fraction of sp³-hybridized carbons (Fsp3) is 0.250. The molecule has 100 valence electrons. The Balaban J connectivity index is 2.09. The van der Waals surface area contributed by atoms with Crippen molar-refractivity contribution in [2.45, 2.75) is 20.4 Å². The van der Waals surface area contributed by atoms with E-state index in [0.717, 1.165) is 10.4 Å². The Morgan fingerprint density at radius 1 is 1.47 bits per heavy atom. The van der Waals surface area contributed by atoms with Gasteiger partial charge in [-0.1, -0.05) is 0 Å². The number of nitrogens with zero attached hydrogens (tertiary/aromatic N) is 2. The minimum atomic E-state index is -0.981. The smallest absolute Gasteiger partial charge is 0.325 e. The van der Waals surface area contributed by atoms with E-state index in [1.54, 1.807) is 11.4 Å². The van der Waals surface area contributed by atoms with E-state index in [4.69, 9.17) is 5.11 Å². The molecule has 0 aliphatic heterocycles. The zero-order valence-electron chi connectivity index (χ0n) is 10.5. The molecule has 0 spiro atoms. The van der Waals surface area contributed by atoms with Gasteiger partial charge in [0.25, 0.3) is 5.91 Å². The molecule has 2 aromatic heterocycles. The van der Waals surface area contributed by atoms with Crippen LogP contribution in [0.1, 0.15) is 20.8 Å². The lowest BCUT2D eigenvalue weighted by Crippen LogP contribution is -2.14. The third-order valence-electron chi connectivity index (χ3n) is 2.71.